The zero-order valence-electron chi connectivity index (χ0n) is 17.4. The van der Waals surface area contributed by atoms with Gasteiger partial charge in [0.1, 0.15) is 0 Å². The maximum absolute atomic E-state index is 12.7. The van der Waals surface area contributed by atoms with Crippen LogP contribution >= 0.6 is 0 Å². The Morgan fingerprint density at radius 3 is 1.97 bits per heavy atom. The molecule has 8 heteroatoms. The highest BCUT2D eigenvalue weighted by atomic mass is 32.2. The Balaban J connectivity index is 1.64. The van der Waals surface area contributed by atoms with Gasteiger partial charge in [-0.3, -0.25) is 0 Å². The molecule has 0 atom stereocenters. The van der Waals surface area contributed by atoms with Crippen molar-refractivity contribution in [1.82, 2.24) is 14.9 Å². The van der Waals surface area contributed by atoms with Crippen molar-refractivity contribution in [2.75, 3.05) is 33.0 Å². The van der Waals surface area contributed by atoms with E-state index in [1.165, 1.54) is 10.6 Å². The Morgan fingerprint density at radius 2 is 1.53 bits per heavy atom. The van der Waals surface area contributed by atoms with Gasteiger partial charge in [0, 0.05) is 26.7 Å². The number of rotatable bonds is 7. The zero-order valence-corrected chi connectivity index (χ0v) is 18.2. The number of carbonyl (C=O) groups is 1. The third-order valence-corrected chi connectivity index (χ3v) is 6.95. The van der Waals surface area contributed by atoms with Crippen LogP contribution in [0.2, 0.25) is 0 Å². The minimum absolute atomic E-state index is 0.280. The summed E-state index contributed by atoms with van der Waals surface area (Å²) in [5, 5.41) is 5.98. The molecule has 1 aliphatic rings. The highest BCUT2D eigenvalue weighted by molar-refractivity contribution is 7.88. The molecule has 1 saturated heterocycles. The average molecular weight is 432 g/mol. The number of methoxy groups -OCH3 is 1. The van der Waals surface area contributed by atoms with Crippen LogP contribution in [0.1, 0.15) is 30.0 Å². The number of amides is 2. The van der Waals surface area contributed by atoms with Crippen molar-refractivity contribution in [1.29, 1.82) is 0 Å². The van der Waals surface area contributed by atoms with E-state index in [4.69, 9.17) is 4.74 Å². The van der Waals surface area contributed by atoms with Crippen molar-refractivity contribution in [2.45, 2.75) is 24.5 Å². The lowest BCUT2D eigenvalue weighted by Gasteiger charge is -2.40. The van der Waals surface area contributed by atoms with Gasteiger partial charge in [-0.25, -0.2) is 17.5 Å². The molecule has 7 nitrogen and oxygen atoms in total. The summed E-state index contributed by atoms with van der Waals surface area (Å²) >= 11 is 0. The largest absolute Gasteiger partial charge is 0.376 e. The molecule has 0 aliphatic carbocycles. The molecule has 2 aromatic rings. The van der Waals surface area contributed by atoms with Gasteiger partial charge in [0.15, 0.2) is 0 Å². The Morgan fingerprint density at radius 1 is 1.03 bits per heavy atom. The lowest BCUT2D eigenvalue weighted by Crippen LogP contribution is -2.54. The first kappa shape index (κ1) is 22.3. The molecule has 30 heavy (non-hydrogen) atoms. The Bertz CT molecular complexity index is 888. The zero-order chi connectivity index (χ0) is 21.6. The van der Waals surface area contributed by atoms with E-state index < -0.39 is 15.6 Å². The molecule has 2 aromatic carbocycles. The minimum atomic E-state index is -3.21. The van der Waals surface area contributed by atoms with Crippen molar-refractivity contribution in [3.8, 4) is 0 Å². The molecule has 1 aliphatic heterocycles. The third kappa shape index (κ3) is 5.59. The fourth-order valence-electron chi connectivity index (χ4n) is 3.75. The Labute approximate surface area is 178 Å². The number of nitrogens with one attached hydrogen (secondary N) is 2. The number of piperidine rings is 1. The minimum Gasteiger partial charge on any atom is -0.376 e. The highest BCUT2D eigenvalue weighted by Gasteiger charge is 2.37. The van der Waals surface area contributed by atoms with E-state index in [1.807, 2.05) is 60.7 Å². The first-order valence-corrected chi connectivity index (χ1v) is 11.8. The van der Waals surface area contributed by atoms with Gasteiger partial charge in [-0.15, -0.1) is 0 Å². The average Bonchev–Trinajstić information content (AvgIpc) is 2.77. The molecule has 0 aromatic heterocycles. The second kappa shape index (κ2) is 9.59. The number of benzene rings is 2. The second-order valence-electron chi connectivity index (χ2n) is 7.63. The lowest BCUT2D eigenvalue weighted by atomic mass is 9.92. The smallest absolute Gasteiger partial charge is 0.315 e. The van der Waals surface area contributed by atoms with E-state index >= 15 is 0 Å². The highest BCUT2D eigenvalue weighted by Crippen LogP contribution is 2.27. The molecule has 162 valence electrons. The van der Waals surface area contributed by atoms with Gasteiger partial charge in [0.05, 0.1) is 17.9 Å². The number of sulfonamides is 1. The van der Waals surface area contributed by atoms with E-state index in [0.717, 1.165) is 11.1 Å². The summed E-state index contributed by atoms with van der Waals surface area (Å²) in [6.45, 7) is 1.07. The lowest BCUT2D eigenvalue weighted by molar-refractivity contribution is -0.0417. The number of ether oxygens (including phenoxy) is 1. The van der Waals surface area contributed by atoms with Crippen LogP contribution in [0.25, 0.3) is 0 Å². The topological polar surface area (TPSA) is 87.7 Å². The van der Waals surface area contributed by atoms with Gasteiger partial charge < -0.3 is 15.4 Å². The third-order valence-electron chi connectivity index (χ3n) is 5.65. The standard InChI is InChI=1S/C22H29N3O4S/c1-29-22(13-15-25(16-14-22)30(2,27)28)17-23-21(26)24-20(18-9-5-3-6-10-18)19-11-7-4-8-12-19/h3-12,20H,13-17H2,1-2H3,(H2,23,24,26). The molecule has 1 heterocycles. The molecule has 0 spiro atoms. The molecule has 0 unspecified atom stereocenters. The van der Waals surface area contributed by atoms with Gasteiger partial charge in [0.2, 0.25) is 10.0 Å². The molecular weight excluding hydrogens is 402 g/mol. The summed E-state index contributed by atoms with van der Waals surface area (Å²) in [6.07, 6.45) is 2.26. The van der Waals surface area contributed by atoms with Gasteiger partial charge in [-0.1, -0.05) is 60.7 Å². The summed E-state index contributed by atoms with van der Waals surface area (Å²) in [4.78, 5) is 12.7. The van der Waals surface area contributed by atoms with E-state index in [-0.39, 0.29) is 12.1 Å². The normalized spacial score (nSPS) is 16.9. The van der Waals surface area contributed by atoms with Gasteiger partial charge >= 0.3 is 6.03 Å². The van der Waals surface area contributed by atoms with Gasteiger partial charge in [-0.2, -0.15) is 0 Å². The van der Waals surface area contributed by atoms with Crippen LogP contribution in [0, 0.1) is 0 Å². The van der Waals surface area contributed by atoms with Crippen LogP contribution in [-0.2, 0) is 14.8 Å². The van der Waals surface area contributed by atoms with E-state index in [0.29, 0.717) is 32.5 Å². The Hall–Kier alpha value is -2.42. The quantitative estimate of drug-likeness (QED) is 0.705. The predicted octanol–water partition coefficient (Wildman–Crippen LogP) is 2.52. The first-order chi connectivity index (χ1) is 14.3. The number of hydrogen-bond acceptors (Lipinski definition) is 4. The maximum Gasteiger partial charge on any atom is 0.315 e. The van der Waals surface area contributed by atoms with Crippen molar-refractivity contribution < 1.29 is 17.9 Å². The summed E-state index contributed by atoms with van der Waals surface area (Å²) in [7, 11) is -1.61. The van der Waals surface area contributed by atoms with Crippen molar-refractivity contribution in [3.05, 3.63) is 71.8 Å². The first-order valence-electron chi connectivity index (χ1n) is 9.97. The van der Waals surface area contributed by atoms with Crippen LogP contribution in [0.5, 0.6) is 0 Å². The van der Waals surface area contributed by atoms with E-state index in [9.17, 15) is 13.2 Å². The molecule has 1 fully saturated rings. The molecule has 0 radical (unpaired) electrons. The van der Waals surface area contributed by atoms with Crippen molar-refractivity contribution >= 4 is 16.1 Å². The molecule has 3 rings (SSSR count). The number of nitrogens with zero attached hydrogens (tertiary/aromatic N) is 1. The second-order valence-corrected chi connectivity index (χ2v) is 9.61. The number of urea groups is 1. The number of carbonyl (C=O) groups excluding carboxylic acids is 1. The predicted molar refractivity (Wildman–Crippen MR) is 117 cm³/mol. The van der Waals surface area contributed by atoms with Crippen LogP contribution < -0.4 is 10.6 Å². The summed E-state index contributed by atoms with van der Waals surface area (Å²) in [6, 6.07) is 19.0. The molecule has 2 amide bonds. The van der Waals surface area contributed by atoms with Crippen molar-refractivity contribution in [2.24, 2.45) is 0 Å². The fourth-order valence-corrected chi connectivity index (χ4v) is 4.60. The number of hydrogen-bond donors (Lipinski definition) is 2. The Kier molecular flexibility index (Phi) is 7.12. The maximum atomic E-state index is 12.7. The van der Waals surface area contributed by atoms with Gasteiger partial charge in [-0.05, 0) is 24.0 Å². The van der Waals surface area contributed by atoms with E-state index in [2.05, 4.69) is 10.6 Å². The van der Waals surface area contributed by atoms with Crippen LogP contribution in [0.15, 0.2) is 60.7 Å². The van der Waals surface area contributed by atoms with Crippen molar-refractivity contribution in [3.63, 3.8) is 0 Å². The molecule has 0 saturated carbocycles. The van der Waals surface area contributed by atoms with Crippen LogP contribution in [0.4, 0.5) is 4.79 Å². The summed E-state index contributed by atoms with van der Waals surface area (Å²) in [5.74, 6) is 0. The van der Waals surface area contributed by atoms with Crippen LogP contribution in [-0.4, -0.2) is 57.4 Å². The fraction of sp³-hybridized carbons (Fsp3) is 0.409. The molecule has 2 N–H and O–H groups in total. The monoisotopic (exact) mass is 431 g/mol. The SMILES string of the molecule is COC1(CNC(=O)NC(c2ccccc2)c2ccccc2)CCN(S(C)(=O)=O)CC1. The molecule has 0 bridgehead atoms. The van der Waals surface area contributed by atoms with Crippen LogP contribution in [0.3, 0.4) is 0 Å². The van der Waals surface area contributed by atoms with Gasteiger partial charge in [0.25, 0.3) is 0 Å². The summed E-state index contributed by atoms with van der Waals surface area (Å²) in [5.41, 5.74) is 1.40. The summed E-state index contributed by atoms with van der Waals surface area (Å²) < 4.78 is 30.6. The molecular formula is C22H29N3O4S. The van der Waals surface area contributed by atoms with E-state index in [1.54, 1.807) is 7.11 Å².